The zero-order chi connectivity index (χ0) is 10.6. The highest BCUT2D eigenvalue weighted by atomic mass is 16.6. The van der Waals surface area contributed by atoms with E-state index in [1.165, 1.54) is 0 Å². The monoisotopic (exact) mass is 199 g/mol. The molecule has 78 valence electrons. The van der Waals surface area contributed by atoms with Gasteiger partial charge in [0.05, 0.1) is 0 Å². The molecule has 7 heteroatoms. The average molecular weight is 199 g/mol. The van der Waals surface area contributed by atoms with E-state index >= 15 is 0 Å². The molecule has 0 unspecified atom stereocenters. The van der Waals surface area contributed by atoms with E-state index < -0.39 is 0 Å². The van der Waals surface area contributed by atoms with E-state index in [4.69, 9.17) is 10.9 Å². The minimum atomic E-state index is 0.115. The zero-order valence-electron chi connectivity index (χ0n) is 8.14. The SMILES string of the molecule is CCN(CC)/C(=N\O)c1nonc1N. The lowest BCUT2D eigenvalue weighted by atomic mass is 10.3. The van der Waals surface area contributed by atoms with Gasteiger partial charge in [0.2, 0.25) is 5.84 Å². The predicted octanol–water partition coefficient (Wildman–Crippen LogP) is 0.129. The number of hydrogen-bond acceptors (Lipinski definition) is 6. The molecule has 1 heterocycles. The maximum Gasteiger partial charge on any atom is 0.201 e. The van der Waals surface area contributed by atoms with Gasteiger partial charge in [0.1, 0.15) is 0 Å². The second-order valence-corrected chi connectivity index (χ2v) is 2.59. The molecule has 1 aromatic rings. The van der Waals surface area contributed by atoms with E-state index in [-0.39, 0.29) is 17.3 Å². The van der Waals surface area contributed by atoms with Crippen molar-refractivity contribution in [1.82, 2.24) is 15.2 Å². The molecule has 1 aromatic heterocycles. The van der Waals surface area contributed by atoms with E-state index in [1.807, 2.05) is 13.8 Å². The summed E-state index contributed by atoms with van der Waals surface area (Å²) in [5.41, 5.74) is 5.74. The van der Waals surface area contributed by atoms with Crippen LogP contribution < -0.4 is 5.73 Å². The van der Waals surface area contributed by atoms with Crippen LogP contribution in [0.15, 0.2) is 9.78 Å². The summed E-state index contributed by atoms with van der Waals surface area (Å²) in [7, 11) is 0. The highest BCUT2D eigenvalue weighted by Crippen LogP contribution is 2.09. The van der Waals surface area contributed by atoms with Crippen molar-refractivity contribution < 1.29 is 9.84 Å². The minimum absolute atomic E-state index is 0.115. The molecule has 1 rings (SSSR count). The normalized spacial score (nSPS) is 11.7. The van der Waals surface area contributed by atoms with Crippen LogP contribution in [0.2, 0.25) is 0 Å². The van der Waals surface area contributed by atoms with E-state index in [0.29, 0.717) is 13.1 Å². The number of nitrogen functional groups attached to an aromatic ring is 1. The van der Waals surface area contributed by atoms with Crippen LogP contribution in [0, 0.1) is 0 Å². The lowest BCUT2D eigenvalue weighted by Crippen LogP contribution is -2.32. The molecule has 0 spiro atoms. The quantitative estimate of drug-likeness (QED) is 0.310. The van der Waals surface area contributed by atoms with E-state index in [2.05, 4.69) is 20.1 Å². The van der Waals surface area contributed by atoms with Gasteiger partial charge in [-0.25, -0.2) is 4.63 Å². The fourth-order valence-corrected chi connectivity index (χ4v) is 1.13. The summed E-state index contributed by atoms with van der Waals surface area (Å²) < 4.78 is 4.42. The number of amidine groups is 1. The smallest absolute Gasteiger partial charge is 0.201 e. The first-order valence-electron chi connectivity index (χ1n) is 4.29. The number of hydrogen-bond donors (Lipinski definition) is 2. The highest BCUT2D eigenvalue weighted by molar-refractivity contribution is 5.99. The molecule has 3 N–H and O–H groups in total. The molecular formula is C7H13N5O2. The van der Waals surface area contributed by atoms with Crippen molar-refractivity contribution >= 4 is 11.7 Å². The summed E-state index contributed by atoms with van der Waals surface area (Å²) in [4.78, 5) is 1.79. The third kappa shape index (κ3) is 1.76. The van der Waals surface area contributed by atoms with Gasteiger partial charge in [-0.05, 0) is 24.2 Å². The average Bonchev–Trinajstić information content (AvgIpc) is 2.61. The number of nitrogens with two attached hydrogens (primary N) is 1. The first-order valence-corrected chi connectivity index (χ1v) is 4.29. The lowest BCUT2D eigenvalue weighted by Gasteiger charge is -2.19. The fraction of sp³-hybridized carbons (Fsp3) is 0.571. The Hall–Kier alpha value is -1.79. The van der Waals surface area contributed by atoms with Crippen molar-refractivity contribution in [2.75, 3.05) is 18.8 Å². The van der Waals surface area contributed by atoms with Gasteiger partial charge in [0, 0.05) is 13.1 Å². The summed E-state index contributed by atoms with van der Waals surface area (Å²) in [6, 6.07) is 0. The maximum absolute atomic E-state index is 8.84. The summed E-state index contributed by atoms with van der Waals surface area (Å²) in [5.74, 6) is 0.387. The van der Waals surface area contributed by atoms with Crippen LogP contribution in [0.3, 0.4) is 0 Å². The molecule has 0 saturated heterocycles. The zero-order valence-corrected chi connectivity index (χ0v) is 8.14. The van der Waals surface area contributed by atoms with Crippen molar-refractivity contribution in [2.45, 2.75) is 13.8 Å². The van der Waals surface area contributed by atoms with Crippen LogP contribution in [0.1, 0.15) is 19.5 Å². The molecule has 7 nitrogen and oxygen atoms in total. The Kier molecular flexibility index (Phi) is 3.27. The van der Waals surface area contributed by atoms with Crippen molar-refractivity contribution in [3.05, 3.63) is 5.69 Å². The molecule has 0 saturated carbocycles. The van der Waals surface area contributed by atoms with Gasteiger partial charge in [-0.3, -0.25) is 0 Å². The Balaban J connectivity index is 2.99. The molecule has 0 radical (unpaired) electrons. The van der Waals surface area contributed by atoms with Crippen LogP contribution in [0.25, 0.3) is 0 Å². The Labute approximate surface area is 81.1 Å². The molecule has 0 aliphatic heterocycles. The lowest BCUT2D eigenvalue weighted by molar-refractivity contribution is 0.295. The van der Waals surface area contributed by atoms with Crippen molar-refractivity contribution in [2.24, 2.45) is 5.16 Å². The van der Waals surface area contributed by atoms with E-state index in [0.717, 1.165) is 0 Å². The van der Waals surface area contributed by atoms with E-state index in [1.54, 1.807) is 4.90 Å². The molecule has 0 amide bonds. The number of nitrogens with zero attached hydrogens (tertiary/aromatic N) is 4. The molecule has 0 fully saturated rings. The molecule has 0 atom stereocenters. The Morgan fingerprint density at radius 2 is 2.14 bits per heavy atom. The van der Waals surface area contributed by atoms with Crippen molar-refractivity contribution in [3.63, 3.8) is 0 Å². The summed E-state index contributed by atoms with van der Waals surface area (Å²) >= 11 is 0. The summed E-state index contributed by atoms with van der Waals surface area (Å²) in [6.07, 6.45) is 0. The van der Waals surface area contributed by atoms with E-state index in [9.17, 15) is 0 Å². The second kappa shape index (κ2) is 4.45. The number of rotatable bonds is 3. The Morgan fingerprint density at radius 3 is 2.50 bits per heavy atom. The van der Waals surface area contributed by atoms with Crippen LogP contribution in [0.5, 0.6) is 0 Å². The van der Waals surface area contributed by atoms with Crippen LogP contribution in [0.4, 0.5) is 5.82 Å². The third-order valence-electron chi connectivity index (χ3n) is 1.88. The second-order valence-electron chi connectivity index (χ2n) is 2.59. The first-order chi connectivity index (χ1) is 6.74. The van der Waals surface area contributed by atoms with Crippen LogP contribution >= 0.6 is 0 Å². The van der Waals surface area contributed by atoms with Gasteiger partial charge >= 0.3 is 0 Å². The minimum Gasteiger partial charge on any atom is -0.409 e. The third-order valence-corrected chi connectivity index (χ3v) is 1.88. The van der Waals surface area contributed by atoms with Crippen LogP contribution in [-0.4, -0.2) is 39.3 Å². The molecule has 0 bridgehead atoms. The van der Waals surface area contributed by atoms with Gasteiger partial charge in [0.25, 0.3) is 0 Å². The van der Waals surface area contributed by atoms with Crippen molar-refractivity contribution in [1.29, 1.82) is 0 Å². The maximum atomic E-state index is 8.84. The fourth-order valence-electron chi connectivity index (χ4n) is 1.13. The van der Waals surface area contributed by atoms with Crippen LogP contribution in [-0.2, 0) is 0 Å². The first kappa shape index (κ1) is 10.3. The van der Waals surface area contributed by atoms with Gasteiger partial charge in [-0.15, -0.1) is 0 Å². The molecular weight excluding hydrogens is 186 g/mol. The number of anilines is 1. The number of oxime groups is 1. The van der Waals surface area contributed by atoms with Gasteiger partial charge in [-0.1, -0.05) is 5.16 Å². The molecule has 0 aliphatic carbocycles. The van der Waals surface area contributed by atoms with Gasteiger partial charge in [0.15, 0.2) is 11.5 Å². The van der Waals surface area contributed by atoms with Gasteiger partial charge in [-0.2, -0.15) is 0 Å². The highest BCUT2D eigenvalue weighted by Gasteiger charge is 2.19. The predicted molar refractivity (Wildman–Crippen MR) is 50.0 cm³/mol. The van der Waals surface area contributed by atoms with Gasteiger partial charge < -0.3 is 15.8 Å². The summed E-state index contributed by atoms with van der Waals surface area (Å²) in [6.45, 7) is 5.22. The summed E-state index contributed by atoms with van der Waals surface area (Å²) in [5, 5.41) is 18.9. The standard InChI is InChI=1S/C7H13N5O2/c1-3-12(4-2)7(9-13)5-6(8)11-14-10-5/h13H,3-4H2,1-2H3,(H2,8,11)/b9-7-. The van der Waals surface area contributed by atoms with Crippen molar-refractivity contribution in [3.8, 4) is 0 Å². The Bertz CT molecular complexity index is 318. The number of aromatic nitrogens is 2. The largest absolute Gasteiger partial charge is 0.409 e. The topological polar surface area (TPSA) is 101 Å². The molecule has 0 aliphatic rings. The Morgan fingerprint density at radius 1 is 1.50 bits per heavy atom. The molecule has 0 aromatic carbocycles. The molecule has 14 heavy (non-hydrogen) atoms.